The second-order valence-electron chi connectivity index (χ2n) is 12.2. The van der Waals surface area contributed by atoms with Crippen LogP contribution in [0.2, 0.25) is 5.02 Å². The molecule has 3 heterocycles. The summed E-state index contributed by atoms with van der Waals surface area (Å²) in [4.78, 5) is 17.2. The number of aliphatic hydroxyl groups excluding tert-OH is 2. The van der Waals surface area contributed by atoms with Crippen LogP contribution in [0.25, 0.3) is 0 Å². The second kappa shape index (κ2) is 13.3. The van der Waals surface area contributed by atoms with Gasteiger partial charge in [0.2, 0.25) is 10.0 Å². The number of sulfonamides is 1. The summed E-state index contributed by atoms with van der Waals surface area (Å²) in [6, 6.07) is 10.4. The topological polar surface area (TPSA) is 119 Å². The predicted molar refractivity (Wildman–Crippen MR) is 168 cm³/mol. The minimum atomic E-state index is -4.12. The average molecular weight is 650 g/mol. The van der Waals surface area contributed by atoms with E-state index in [4.69, 9.17) is 16.3 Å². The van der Waals surface area contributed by atoms with Gasteiger partial charge >= 0.3 is 0 Å². The molecule has 0 spiro atoms. The molecule has 9 nitrogen and oxygen atoms in total. The van der Waals surface area contributed by atoms with Crippen molar-refractivity contribution < 1.29 is 32.6 Å². The van der Waals surface area contributed by atoms with E-state index in [1.54, 1.807) is 30.0 Å². The number of anilines is 1. The largest absolute Gasteiger partial charge is 0.487 e. The Bertz CT molecular complexity index is 1520. The lowest BCUT2D eigenvalue weighted by Gasteiger charge is -2.53. The Morgan fingerprint density at radius 1 is 1.09 bits per heavy atom. The van der Waals surface area contributed by atoms with Crippen LogP contribution in [0.1, 0.15) is 61.0 Å². The third kappa shape index (κ3) is 6.48. The van der Waals surface area contributed by atoms with Gasteiger partial charge in [-0.15, -0.1) is 0 Å². The Labute approximate surface area is 263 Å². The zero-order valence-electron chi connectivity index (χ0n) is 25.1. The summed E-state index contributed by atoms with van der Waals surface area (Å²) in [7, 11) is -4.12. The molecule has 0 saturated carbocycles. The number of nitrogens with zero attached hydrogens (tertiary/aromatic N) is 2. The molecule has 0 unspecified atom stereocenters. The molecular formula is C32H41ClFN3O6S. The number of aliphatic hydroxyl groups is 2. The molecule has 3 atom stereocenters. The van der Waals surface area contributed by atoms with Gasteiger partial charge in [-0.25, -0.2) is 17.5 Å². The summed E-state index contributed by atoms with van der Waals surface area (Å²) in [6.07, 6.45) is 4.47. The van der Waals surface area contributed by atoms with Crippen molar-refractivity contribution in [1.82, 2.24) is 9.62 Å². The van der Waals surface area contributed by atoms with E-state index < -0.39 is 51.7 Å². The van der Waals surface area contributed by atoms with E-state index in [0.29, 0.717) is 36.1 Å². The van der Waals surface area contributed by atoms with Gasteiger partial charge in [-0.1, -0.05) is 30.7 Å². The minimum Gasteiger partial charge on any atom is -0.487 e. The van der Waals surface area contributed by atoms with Crippen molar-refractivity contribution in [2.24, 2.45) is 5.92 Å². The molecular weight excluding hydrogens is 609 g/mol. The highest BCUT2D eigenvalue weighted by atomic mass is 35.5. The van der Waals surface area contributed by atoms with Crippen LogP contribution in [0.15, 0.2) is 48.3 Å². The third-order valence-corrected chi connectivity index (χ3v) is 11.7. The van der Waals surface area contributed by atoms with Gasteiger partial charge in [0, 0.05) is 36.3 Å². The lowest BCUT2D eigenvalue weighted by molar-refractivity contribution is -0.0705. The summed E-state index contributed by atoms with van der Waals surface area (Å²) < 4.78 is 50.9. The number of carbonyl (C=O) groups excluding carboxylic acids is 1. The number of ether oxygens (including phenoxy) is 1. The summed E-state index contributed by atoms with van der Waals surface area (Å²) in [5.74, 6) is -1.49. The fourth-order valence-electron chi connectivity index (χ4n) is 6.31. The van der Waals surface area contributed by atoms with Gasteiger partial charge in [0.25, 0.3) is 5.91 Å². The molecule has 240 valence electrons. The second-order valence-corrected chi connectivity index (χ2v) is 14.7. The van der Waals surface area contributed by atoms with E-state index in [2.05, 4.69) is 9.62 Å². The van der Waals surface area contributed by atoms with Crippen LogP contribution in [-0.2, 0) is 23.1 Å². The highest BCUT2D eigenvalue weighted by Crippen LogP contribution is 2.38. The summed E-state index contributed by atoms with van der Waals surface area (Å²) in [5, 5.41) is 20.6. The first-order valence-corrected chi connectivity index (χ1v) is 17.1. The van der Waals surface area contributed by atoms with Crippen LogP contribution < -0.4 is 14.4 Å². The summed E-state index contributed by atoms with van der Waals surface area (Å²) >= 11 is 6.29. The number of benzene rings is 2. The first-order chi connectivity index (χ1) is 21.0. The van der Waals surface area contributed by atoms with Gasteiger partial charge in [0.1, 0.15) is 23.7 Å². The van der Waals surface area contributed by atoms with Crippen LogP contribution in [0, 0.1) is 5.92 Å². The number of halogens is 2. The van der Waals surface area contributed by atoms with Gasteiger partial charge < -0.3 is 19.8 Å². The van der Waals surface area contributed by atoms with Crippen LogP contribution in [0.3, 0.4) is 0 Å². The number of allylic oxidation sites excluding steroid dienone is 1. The quantitative estimate of drug-likeness (QED) is 0.443. The minimum absolute atomic E-state index is 0.0399. The zero-order chi connectivity index (χ0) is 31.6. The molecule has 1 saturated heterocycles. The molecule has 1 amide bonds. The molecule has 12 heteroatoms. The van der Waals surface area contributed by atoms with E-state index >= 15 is 4.39 Å². The fourth-order valence-corrected chi connectivity index (χ4v) is 7.79. The standard InChI is InChI=1S/C32H41ClFN3O6S/c1-21-6-11-30(34)32(19-38,20-39)37-14-12-27(37)17-36-13-4-3-5-23-15-26(33)9-7-25(23)18-43-29-10-8-24(16-28(29)36)31(40)35-44(41,42)22(21)2/h7-11,15-16,21-22,27,38-39H,3-6,12-14,17-20H2,1-2H3,(H,35,40)/b30-11-/t21-,22+,27-/m0/s1. The lowest BCUT2D eigenvalue weighted by Crippen LogP contribution is -2.67. The van der Waals surface area contributed by atoms with Crippen LogP contribution in [0.5, 0.6) is 5.75 Å². The summed E-state index contributed by atoms with van der Waals surface area (Å²) in [6.45, 7) is 3.61. The number of rotatable bonds is 2. The number of nitrogens with one attached hydrogen (secondary N) is 1. The molecule has 2 bridgehead atoms. The van der Waals surface area contributed by atoms with E-state index in [0.717, 1.165) is 36.8 Å². The van der Waals surface area contributed by atoms with Crippen molar-refractivity contribution in [2.75, 3.05) is 37.7 Å². The molecule has 0 aromatic heterocycles. The van der Waals surface area contributed by atoms with Crippen molar-refractivity contribution >= 4 is 33.2 Å². The normalized spacial score (nSPS) is 27.2. The smallest absolute Gasteiger partial charge is 0.264 e. The van der Waals surface area contributed by atoms with Gasteiger partial charge in [-0.3, -0.25) is 9.69 Å². The first kappa shape index (κ1) is 32.7. The van der Waals surface area contributed by atoms with Crippen molar-refractivity contribution in [1.29, 1.82) is 0 Å². The number of aryl methyl sites for hydroxylation is 1. The fraction of sp³-hybridized carbons (Fsp3) is 0.531. The number of carbonyl (C=O) groups is 1. The molecule has 0 radical (unpaired) electrons. The highest BCUT2D eigenvalue weighted by molar-refractivity contribution is 7.90. The molecule has 3 aliphatic heterocycles. The number of fused-ring (bicyclic) bond motifs is 3. The van der Waals surface area contributed by atoms with Gasteiger partial charge in [-0.2, -0.15) is 0 Å². The Balaban J connectivity index is 1.60. The maximum Gasteiger partial charge on any atom is 0.264 e. The van der Waals surface area contributed by atoms with Crippen molar-refractivity contribution in [3.05, 3.63) is 70.0 Å². The SMILES string of the molecule is C[C@@H]1[C@@H](C)C/C=C(\F)C(CO)(CO)N2CC[C@H]2CN2CCCCc3cc(Cl)ccc3COc3ccc(cc32)C(=O)NS1(=O)=O. The van der Waals surface area contributed by atoms with Gasteiger partial charge in [-0.05, 0) is 86.4 Å². The molecule has 3 aliphatic rings. The highest BCUT2D eigenvalue weighted by Gasteiger charge is 2.48. The molecule has 3 N–H and O–H groups in total. The Morgan fingerprint density at radius 2 is 1.86 bits per heavy atom. The molecule has 5 rings (SSSR count). The van der Waals surface area contributed by atoms with Crippen molar-refractivity contribution in [2.45, 2.75) is 69.4 Å². The van der Waals surface area contributed by atoms with Crippen LogP contribution in [0.4, 0.5) is 10.1 Å². The van der Waals surface area contributed by atoms with Gasteiger partial charge in [0.05, 0.1) is 24.2 Å². The lowest BCUT2D eigenvalue weighted by atomic mass is 9.87. The van der Waals surface area contributed by atoms with E-state index in [-0.39, 0.29) is 24.6 Å². The summed E-state index contributed by atoms with van der Waals surface area (Å²) in [5.41, 5.74) is 1.26. The molecule has 2 aromatic rings. The average Bonchev–Trinajstić information content (AvgIpc) is 3.02. The maximum atomic E-state index is 15.9. The maximum absolute atomic E-state index is 15.9. The van der Waals surface area contributed by atoms with E-state index in [1.807, 2.05) is 18.2 Å². The van der Waals surface area contributed by atoms with E-state index in [9.17, 15) is 23.4 Å². The van der Waals surface area contributed by atoms with Crippen LogP contribution >= 0.6 is 11.6 Å². The Kier molecular flexibility index (Phi) is 9.91. The third-order valence-electron chi connectivity index (χ3n) is 9.52. The molecule has 1 fully saturated rings. The molecule has 44 heavy (non-hydrogen) atoms. The first-order valence-electron chi connectivity index (χ1n) is 15.2. The molecule has 0 aliphatic carbocycles. The van der Waals surface area contributed by atoms with Gasteiger partial charge in [0.15, 0.2) is 0 Å². The Hall–Kier alpha value is -2.70. The van der Waals surface area contributed by atoms with Crippen molar-refractivity contribution in [3.63, 3.8) is 0 Å². The van der Waals surface area contributed by atoms with E-state index in [1.165, 1.54) is 13.0 Å². The Morgan fingerprint density at radius 3 is 2.57 bits per heavy atom. The monoisotopic (exact) mass is 649 g/mol. The van der Waals surface area contributed by atoms with Crippen LogP contribution in [-0.4, -0.2) is 79.1 Å². The predicted octanol–water partition coefficient (Wildman–Crippen LogP) is 4.20. The zero-order valence-corrected chi connectivity index (χ0v) is 26.7. The molecule has 2 aromatic carbocycles. The van der Waals surface area contributed by atoms with Crippen molar-refractivity contribution in [3.8, 4) is 5.75 Å². The number of hydrogen-bond donors (Lipinski definition) is 3. The number of amides is 1. The number of hydrogen-bond acceptors (Lipinski definition) is 8.